The van der Waals surface area contributed by atoms with Gasteiger partial charge in [0.15, 0.2) is 11.2 Å². The van der Waals surface area contributed by atoms with Gasteiger partial charge in [0.1, 0.15) is 5.75 Å². The van der Waals surface area contributed by atoms with Crippen molar-refractivity contribution in [3.05, 3.63) is 88.7 Å². The number of nitrogens with two attached hydrogens (primary N) is 1. The van der Waals surface area contributed by atoms with Crippen molar-refractivity contribution in [1.29, 1.82) is 5.26 Å². The number of imidazole rings is 1. The van der Waals surface area contributed by atoms with Crippen molar-refractivity contribution in [1.82, 2.24) is 19.5 Å². The zero-order chi connectivity index (χ0) is 27.0. The highest BCUT2D eigenvalue weighted by Crippen LogP contribution is 2.36. The van der Waals surface area contributed by atoms with Gasteiger partial charge in [-0.25, -0.2) is 4.98 Å². The van der Waals surface area contributed by atoms with Crippen molar-refractivity contribution in [3.8, 4) is 28.8 Å². The Morgan fingerprint density at radius 1 is 1.00 bits per heavy atom. The summed E-state index contributed by atoms with van der Waals surface area (Å²) in [5, 5.41) is 12.2. The summed E-state index contributed by atoms with van der Waals surface area (Å²) in [6, 6.07) is 18.7. The molecule has 2 aromatic heterocycles. The molecule has 3 aromatic carbocycles. The Kier molecular flexibility index (Phi) is 6.23. The lowest BCUT2D eigenvalue weighted by atomic mass is 9.95. The largest absolute Gasteiger partial charge is 0.436 e. The molecule has 188 valence electrons. The number of carbonyl (C=O) groups excluding carboxylic acids is 1. The number of fused-ring (bicyclic) bond motifs is 1. The van der Waals surface area contributed by atoms with Crippen LogP contribution in [-0.4, -0.2) is 25.4 Å². The molecular weight excluding hydrogens is 478 g/mol. The van der Waals surface area contributed by atoms with Gasteiger partial charge in [0.05, 0.1) is 18.0 Å². The van der Waals surface area contributed by atoms with Gasteiger partial charge in [0, 0.05) is 18.3 Å². The fourth-order valence-electron chi connectivity index (χ4n) is 4.37. The fourth-order valence-corrected chi connectivity index (χ4v) is 4.37. The van der Waals surface area contributed by atoms with E-state index in [1.807, 2.05) is 46.0 Å². The maximum absolute atomic E-state index is 11.5. The molecule has 9 nitrogen and oxygen atoms in total. The lowest BCUT2D eigenvalue weighted by Gasteiger charge is -2.16. The lowest BCUT2D eigenvalue weighted by molar-refractivity contribution is 0.1000. The molecule has 0 unspecified atom stereocenters. The van der Waals surface area contributed by atoms with Crippen LogP contribution in [0.5, 0.6) is 11.6 Å². The summed E-state index contributed by atoms with van der Waals surface area (Å²) in [5.74, 6) is 0.898. The molecule has 5 aromatic rings. The minimum atomic E-state index is -0.450. The van der Waals surface area contributed by atoms with Crippen LogP contribution in [0.15, 0.2) is 60.9 Å². The van der Waals surface area contributed by atoms with Crippen molar-refractivity contribution in [2.75, 3.05) is 5.32 Å². The summed E-state index contributed by atoms with van der Waals surface area (Å²) in [7, 11) is 1.86. The molecular formula is C29H25N7O2. The number of amides is 1. The maximum atomic E-state index is 11.5. The van der Waals surface area contributed by atoms with Crippen molar-refractivity contribution in [2.24, 2.45) is 12.8 Å². The van der Waals surface area contributed by atoms with E-state index in [4.69, 9.17) is 15.7 Å². The summed E-state index contributed by atoms with van der Waals surface area (Å²) in [4.78, 5) is 25.2. The number of nitrogens with one attached hydrogen (secondary N) is 1. The number of rotatable bonds is 6. The SMILES string of the molecule is Cc1cc(C(N)=O)ccc1-c1cc(C)c(Oc2nc(Nc3ccc(C#N)cc3)nc3c2ncn3C)c(C)c1. The smallest absolute Gasteiger partial charge is 0.252 e. The summed E-state index contributed by atoms with van der Waals surface area (Å²) in [5.41, 5.74) is 13.2. The number of hydrogen-bond acceptors (Lipinski definition) is 7. The first-order chi connectivity index (χ1) is 18.2. The van der Waals surface area contributed by atoms with Gasteiger partial charge < -0.3 is 20.4 Å². The van der Waals surface area contributed by atoms with Gasteiger partial charge in [-0.15, -0.1) is 0 Å². The number of carbonyl (C=O) groups is 1. The van der Waals surface area contributed by atoms with Gasteiger partial charge in [-0.05, 0) is 97.1 Å². The lowest BCUT2D eigenvalue weighted by Crippen LogP contribution is -2.10. The van der Waals surface area contributed by atoms with Crippen molar-refractivity contribution < 1.29 is 9.53 Å². The molecule has 0 fully saturated rings. The second-order valence-corrected chi connectivity index (χ2v) is 9.13. The molecule has 0 bridgehead atoms. The zero-order valence-corrected chi connectivity index (χ0v) is 21.4. The average molecular weight is 504 g/mol. The number of benzene rings is 3. The quantitative estimate of drug-likeness (QED) is 0.314. The third kappa shape index (κ3) is 4.63. The number of nitriles is 1. The first kappa shape index (κ1) is 24.5. The van der Waals surface area contributed by atoms with E-state index in [1.165, 1.54) is 0 Å². The van der Waals surface area contributed by atoms with Crippen LogP contribution in [0.3, 0.4) is 0 Å². The molecule has 0 radical (unpaired) electrons. The maximum Gasteiger partial charge on any atom is 0.252 e. The Morgan fingerprint density at radius 2 is 1.71 bits per heavy atom. The molecule has 5 rings (SSSR count). The average Bonchev–Trinajstić information content (AvgIpc) is 3.27. The van der Waals surface area contributed by atoms with Gasteiger partial charge in [0.2, 0.25) is 11.9 Å². The fraction of sp³-hybridized carbons (Fsp3) is 0.138. The standard InChI is InChI=1S/C29H25N7O2/c1-16-11-20(26(31)37)7-10-23(16)21-12-17(2)25(18(3)13-21)38-28-24-27(36(4)15-32-24)34-29(35-28)33-22-8-5-19(14-30)6-9-22/h5-13,15H,1-4H3,(H2,31,37)(H,33,34,35). The summed E-state index contributed by atoms with van der Waals surface area (Å²) in [6.45, 7) is 5.91. The number of ether oxygens (including phenoxy) is 1. The highest BCUT2D eigenvalue weighted by atomic mass is 16.5. The molecule has 3 N–H and O–H groups in total. The van der Waals surface area contributed by atoms with Crippen LogP contribution in [0.4, 0.5) is 11.6 Å². The minimum absolute atomic E-state index is 0.327. The van der Waals surface area contributed by atoms with Crippen LogP contribution >= 0.6 is 0 Å². The molecule has 38 heavy (non-hydrogen) atoms. The van der Waals surface area contributed by atoms with Crippen molar-refractivity contribution >= 4 is 28.7 Å². The number of aromatic nitrogens is 4. The van der Waals surface area contributed by atoms with Crippen LogP contribution in [0.1, 0.15) is 32.6 Å². The van der Waals surface area contributed by atoms with Gasteiger partial charge in [-0.1, -0.05) is 6.07 Å². The number of anilines is 2. The Balaban J connectivity index is 1.51. The predicted molar refractivity (Wildman–Crippen MR) is 145 cm³/mol. The molecule has 0 saturated heterocycles. The van der Waals surface area contributed by atoms with Gasteiger partial charge in [-0.3, -0.25) is 4.79 Å². The van der Waals surface area contributed by atoms with Crippen LogP contribution in [0.2, 0.25) is 0 Å². The van der Waals surface area contributed by atoms with Crippen LogP contribution in [0, 0.1) is 32.1 Å². The van der Waals surface area contributed by atoms with Gasteiger partial charge >= 0.3 is 0 Å². The van der Waals surface area contributed by atoms with Gasteiger partial charge in [0.25, 0.3) is 5.88 Å². The van der Waals surface area contributed by atoms with E-state index >= 15 is 0 Å². The second-order valence-electron chi connectivity index (χ2n) is 9.13. The Labute approximate surface area is 219 Å². The normalized spacial score (nSPS) is 10.8. The molecule has 2 heterocycles. The van der Waals surface area contributed by atoms with E-state index in [2.05, 4.69) is 26.3 Å². The van der Waals surface area contributed by atoms with E-state index in [1.54, 1.807) is 47.3 Å². The predicted octanol–water partition coefficient (Wildman–Crippen LogP) is 5.46. The first-order valence-corrected chi connectivity index (χ1v) is 11.9. The number of nitrogens with zero attached hydrogens (tertiary/aromatic N) is 5. The van der Waals surface area contributed by atoms with Crippen LogP contribution < -0.4 is 15.8 Å². The number of primary amides is 1. The van der Waals surface area contributed by atoms with Gasteiger partial charge in [-0.2, -0.15) is 15.2 Å². The first-order valence-electron chi connectivity index (χ1n) is 11.9. The molecule has 0 saturated carbocycles. The molecule has 1 amide bonds. The van der Waals surface area contributed by atoms with E-state index in [0.29, 0.717) is 39.9 Å². The molecule has 0 aliphatic heterocycles. The molecule has 0 aliphatic rings. The van der Waals surface area contributed by atoms with E-state index in [9.17, 15) is 4.79 Å². The number of hydrogen-bond donors (Lipinski definition) is 2. The monoisotopic (exact) mass is 503 g/mol. The molecule has 0 atom stereocenters. The minimum Gasteiger partial charge on any atom is -0.436 e. The topological polar surface area (TPSA) is 132 Å². The van der Waals surface area contributed by atoms with Crippen molar-refractivity contribution in [2.45, 2.75) is 20.8 Å². The van der Waals surface area contributed by atoms with Crippen LogP contribution in [-0.2, 0) is 7.05 Å². The molecule has 0 spiro atoms. The van der Waals surface area contributed by atoms with E-state index in [-0.39, 0.29) is 0 Å². The van der Waals surface area contributed by atoms with Crippen LogP contribution in [0.25, 0.3) is 22.3 Å². The van der Waals surface area contributed by atoms with E-state index in [0.717, 1.165) is 33.5 Å². The Bertz CT molecular complexity index is 1730. The highest BCUT2D eigenvalue weighted by Gasteiger charge is 2.18. The second kappa shape index (κ2) is 9.67. The Morgan fingerprint density at radius 3 is 2.34 bits per heavy atom. The summed E-state index contributed by atoms with van der Waals surface area (Å²) in [6.07, 6.45) is 1.67. The summed E-state index contributed by atoms with van der Waals surface area (Å²) >= 11 is 0. The van der Waals surface area contributed by atoms with Crippen molar-refractivity contribution in [3.63, 3.8) is 0 Å². The van der Waals surface area contributed by atoms with E-state index < -0.39 is 5.91 Å². The summed E-state index contributed by atoms with van der Waals surface area (Å²) < 4.78 is 8.18. The third-order valence-corrected chi connectivity index (χ3v) is 6.28. The Hall–Kier alpha value is -5.23. The zero-order valence-electron chi connectivity index (χ0n) is 21.4. The molecule has 9 heteroatoms. The number of aryl methyl sites for hydroxylation is 4. The molecule has 0 aliphatic carbocycles. The highest BCUT2D eigenvalue weighted by molar-refractivity contribution is 5.93. The third-order valence-electron chi connectivity index (χ3n) is 6.28.